The maximum Gasteiger partial charge on any atom is 0.157 e. The van der Waals surface area contributed by atoms with Crippen molar-refractivity contribution in [2.24, 2.45) is 0 Å². The Morgan fingerprint density at radius 3 is 2.38 bits per heavy atom. The van der Waals surface area contributed by atoms with E-state index in [1.165, 1.54) is 22.3 Å². The van der Waals surface area contributed by atoms with Gasteiger partial charge >= 0.3 is 0 Å². The number of aryl methyl sites for hydroxylation is 1. The van der Waals surface area contributed by atoms with Crippen molar-refractivity contribution in [1.29, 1.82) is 0 Å². The van der Waals surface area contributed by atoms with Crippen LogP contribution in [-0.2, 0) is 13.0 Å². The predicted molar refractivity (Wildman–Crippen MR) is 102 cm³/mol. The van der Waals surface area contributed by atoms with Gasteiger partial charge in [-0.05, 0) is 58.4 Å². The van der Waals surface area contributed by atoms with Gasteiger partial charge < -0.3 is 15.5 Å². The van der Waals surface area contributed by atoms with Crippen LogP contribution in [-0.4, -0.2) is 16.3 Å². The lowest BCUT2D eigenvalue weighted by molar-refractivity contribution is 0.380. The lowest BCUT2D eigenvalue weighted by Gasteiger charge is -2.39. The van der Waals surface area contributed by atoms with Crippen molar-refractivity contribution in [3.05, 3.63) is 82.9 Å². The molecule has 0 radical (unpaired) electrons. The average molecular weight is 343 g/mol. The first-order valence-corrected chi connectivity index (χ1v) is 9.17. The summed E-state index contributed by atoms with van der Waals surface area (Å²) in [7, 11) is 0. The first-order valence-electron chi connectivity index (χ1n) is 9.17. The molecule has 3 aromatic rings. The van der Waals surface area contributed by atoms with E-state index in [4.69, 9.17) is 0 Å². The summed E-state index contributed by atoms with van der Waals surface area (Å²) in [5.41, 5.74) is 7.36. The second kappa shape index (κ2) is 5.89. The third kappa shape index (κ3) is 2.39. The Kier molecular flexibility index (Phi) is 3.50. The van der Waals surface area contributed by atoms with Crippen LogP contribution in [0.2, 0.25) is 0 Å². The molecule has 2 atom stereocenters. The number of benzene rings is 3. The monoisotopic (exact) mass is 343 g/mol. The van der Waals surface area contributed by atoms with Crippen LogP contribution in [0.1, 0.15) is 34.6 Å². The summed E-state index contributed by atoms with van der Waals surface area (Å²) >= 11 is 0. The van der Waals surface area contributed by atoms with Crippen molar-refractivity contribution in [3.8, 4) is 22.6 Å². The van der Waals surface area contributed by atoms with Gasteiger partial charge in [-0.2, -0.15) is 0 Å². The highest BCUT2D eigenvalue weighted by atomic mass is 16.3. The Morgan fingerprint density at radius 2 is 1.54 bits per heavy atom. The maximum atomic E-state index is 10.1. The summed E-state index contributed by atoms with van der Waals surface area (Å²) in [6.45, 7) is 0.880. The molecule has 2 aliphatic rings. The Labute approximate surface area is 152 Å². The van der Waals surface area contributed by atoms with Gasteiger partial charge in [-0.15, -0.1) is 0 Å². The van der Waals surface area contributed by atoms with Crippen molar-refractivity contribution < 1.29 is 10.2 Å². The zero-order valence-electron chi connectivity index (χ0n) is 14.4. The van der Waals surface area contributed by atoms with E-state index in [0.29, 0.717) is 6.04 Å². The quantitative estimate of drug-likeness (QED) is 0.577. The lowest BCUT2D eigenvalue weighted by Crippen LogP contribution is -2.42. The molecule has 3 nitrogen and oxygen atoms in total. The van der Waals surface area contributed by atoms with Gasteiger partial charge in [0.2, 0.25) is 0 Å². The van der Waals surface area contributed by atoms with Crippen LogP contribution >= 0.6 is 0 Å². The molecular formula is C23H21NO2. The molecule has 3 aromatic carbocycles. The fourth-order valence-electron chi connectivity index (χ4n) is 4.54. The molecule has 0 aromatic heterocycles. The average Bonchev–Trinajstić information content (AvgIpc) is 2.68. The van der Waals surface area contributed by atoms with E-state index in [-0.39, 0.29) is 17.4 Å². The van der Waals surface area contributed by atoms with Crippen molar-refractivity contribution >= 4 is 0 Å². The largest absolute Gasteiger partial charge is 0.504 e. The highest BCUT2D eigenvalue weighted by Gasteiger charge is 2.35. The third-order valence-corrected chi connectivity index (χ3v) is 5.84. The smallest absolute Gasteiger partial charge is 0.157 e. The molecule has 0 bridgehead atoms. The van der Waals surface area contributed by atoms with Gasteiger partial charge in [0.25, 0.3) is 0 Å². The predicted octanol–water partition coefficient (Wildman–Crippen LogP) is 4.31. The number of phenolic OH excluding ortho intramolecular Hbond substituents is 2. The first-order chi connectivity index (χ1) is 12.7. The molecule has 0 amide bonds. The van der Waals surface area contributed by atoms with Crippen LogP contribution in [0.5, 0.6) is 11.5 Å². The number of hydrogen-bond acceptors (Lipinski definition) is 3. The van der Waals surface area contributed by atoms with Gasteiger partial charge in [0.15, 0.2) is 11.5 Å². The number of phenols is 2. The van der Waals surface area contributed by atoms with Crippen molar-refractivity contribution in [2.45, 2.75) is 31.3 Å². The van der Waals surface area contributed by atoms with Gasteiger partial charge in [-0.25, -0.2) is 0 Å². The first kappa shape index (κ1) is 15.5. The molecule has 1 aliphatic carbocycles. The van der Waals surface area contributed by atoms with Crippen molar-refractivity contribution in [1.82, 2.24) is 5.32 Å². The van der Waals surface area contributed by atoms with Gasteiger partial charge in [0.05, 0.1) is 0 Å². The van der Waals surface area contributed by atoms with Crippen LogP contribution in [0, 0.1) is 0 Å². The summed E-state index contributed by atoms with van der Waals surface area (Å²) < 4.78 is 0. The topological polar surface area (TPSA) is 52.5 Å². The summed E-state index contributed by atoms with van der Waals surface area (Å²) in [5.74, 6) is 0.151. The van der Waals surface area contributed by atoms with E-state index in [1.54, 1.807) is 12.1 Å². The standard InChI is InChI=1S/C23H21NO2/c25-21-11-16-8-9-20-23(19(16)12-22(21)26)18-10-15(6-7-17(18)13-24-20)14-4-2-1-3-5-14/h1-7,10-12,20,23-26H,8-9,13H2/t20-,23-/m1/s1. The third-order valence-electron chi connectivity index (χ3n) is 5.84. The molecule has 26 heavy (non-hydrogen) atoms. The molecule has 5 rings (SSSR count). The molecule has 0 saturated carbocycles. The number of rotatable bonds is 1. The van der Waals surface area contributed by atoms with Gasteiger partial charge in [-0.1, -0.05) is 48.5 Å². The number of nitrogens with one attached hydrogen (secondary N) is 1. The number of aromatic hydroxyl groups is 2. The minimum atomic E-state index is -0.0317. The number of hydrogen-bond donors (Lipinski definition) is 3. The Balaban J connectivity index is 1.67. The van der Waals surface area contributed by atoms with E-state index in [1.807, 2.05) is 6.07 Å². The molecule has 0 fully saturated rings. The molecular weight excluding hydrogens is 322 g/mol. The Morgan fingerprint density at radius 1 is 0.769 bits per heavy atom. The van der Waals surface area contributed by atoms with E-state index >= 15 is 0 Å². The fourth-order valence-corrected chi connectivity index (χ4v) is 4.54. The minimum absolute atomic E-state index is 0.0239. The summed E-state index contributed by atoms with van der Waals surface area (Å²) in [5, 5.41) is 23.6. The van der Waals surface area contributed by atoms with E-state index in [9.17, 15) is 10.2 Å². The maximum absolute atomic E-state index is 10.1. The van der Waals surface area contributed by atoms with Crippen LogP contribution in [0.3, 0.4) is 0 Å². The van der Waals surface area contributed by atoms with Crippen molar-refractivity contribution in [2.75, 3.05) is 0 Å². The molecule has 3 heteroatoms. The number of fused-ring (bicyclic) bond motifs is 5. The van der Waals surface area contributed by atoms with Crippen LogP contribution < -0.4 is 5.32 Å². The molecule has 3 N–H and O–H groups in total. The second-order valence-electron chi connectivity index (χ2n) is 7.32. The van der Waals surface area contributed by atoms with Crippen LogP contribution in [0.25, 0.3) is 11.1 Å². The second-order valence-corrected chi connectivity index (χ2v) is 7.32. The lowest BCUT2D eigenvalue weighted by atomic mass is 9.72. The molecule has 1 heterocycles. The zero-order valence-corrected chi connectivity index (χ0v) is 14.4. The van der Waals surface area contributed by atoms with E-state index in [2.05, 4.69) is 47.8 Å². The van der Waals surface area contributed by atoms with E-state index in [0.717, 1.165) is 30.5 Å². The highest BCUT2D eigenvalue weighted by Crippen LogP contribution is 2.45. The normalized spacial score (nSPS) is 20.8. The van der Waals surface area contributed by atoms with Gasteiger partial charge in [0.1, 0.15) is 0 Å². The summed E-state index contributed by atoms with van der Waals surface area (Å²) in [4.78, 5) is 0. The summed E-state index contributed by atoms with van der Waals surface area (Å²) in [6, 6.07) is 21.0. The molecule has 130 valence electrons. The molecule has 0 saturated heterocycles. The zero-order chi connectivity index (χ0) is 17.7. The van der Waals surface area contributed by atoms with Crippen LogP contribution in [0.4, 0.5) is 0 Å². The molecule has 0 unspecified atom stereocenters. The fraction of sp³-hybridized carbons (Fsp3) is 0.217. The SMILES string of the molecule is Oc1cc2c(cc1O)[C@H]1c3cc(-c4ccccc4)ccc3CN[C@@H]1CC2. The van der Waals surface area contributed by atoms with Crippen LogP contribution in [0.15, 0.2) is 60.7 Å². The summed E-state index contributed by atoms with van der Waals surface area (Å²) in [6.07, 6.45) is 1.96. The molecule has 1 aliphatic heterocycles. The Hall–Kier alpha value is -2.78. The van der Waals surface area contributed by atoms with Gasteiger partial charge in [0, 0.05) is 18.5 Å². The van der Waals surface area contributed by atoms with Crippen molar-refractivity contribution in [3.63, 3.8) is 0 Å². The molecule has 0 spiro atoms. The highest BCUT2D eigenvalue weighted by molar-refractivity contribution is 5.66. The van der Waals surface area contributed by atoms with E-state index < -0.39 is 0 Å². The minimum Gasteiger partial charge on any atom is -0.504 e. The van der Waals surface area contributed by atoms with Gasteiger partial charge in [-0.3, -0.25) is 0 Å². The Bertz CT molecular complexity index is 981.